The first-order chi connectivity index (χ1) is 11.5. The van der Waals surface area contributed by atoms with Gasteiger partial charge in [-0.3, -0.25) is 0 Å². The van der Waals surface area contributed by atoms with Gasteiger partial charge in [-0.1, -0.05) is 18.2 Å². The van der Waals surface area contributed by atoms with Gasteiger partial charge in [0.15, 0.2) is 0 Å². The molecule has 3 rings (SSSR count). The van der Waals surface area contributed by atoms with Crippen LogP contribution in [-0.4, -0.2) is 11.5 Å². The summed E-state index contributed by atoms with van der Waals surface area (Å²) in [6.07, 6.45) is -3.33. The maximum atomic E-state index is 12.6. The zero-order chi connectivity index (χ0) is 17.0. The molecule has 0 bridgehead atoms. The minimum Gasteiger partial charge on any atom is -0.311 e. The van der Waals surface area contributed by atoms with Gasteiger partial charge in [-0.25, -0.2) is 4.98 Å². The topological polar surface area (TPSA) is 24.9 Å². The molecule has 7 heteroatoms. The normalized spacial score (nSPS) is 11.8. The molecule has 1 N–H and O–H groups in total. The highest BCUT2D eigenvalue weighted by Gasteiger charge is 2.30. The van der Waals surface area contributed by atoms with E-state index in [2.05, 4.69) is 21.7 Å². The van der Waals surface area contributed by atoms with Crippen LogP contribution in [0, 0.1) is 0 Å². The van der Waals surface area contributed by atoms with Gasteiger partial charge in [-0.15, -0.1) is 22.7 Å². The van der Waals surface area contributed by atoms with Gasteiger partial charge in [0.2, 0.25) is 0 Å². The molecular weight excluding hydrogens is 353 g/mol. The fraction of sp³-hybridized carbons (Fsp3) is 0.235. The number of thiophene rings is 1. The largest absolute Gasteiger partial charge is 0.416 e. The van der Waals surface area contributed by atoms with Crippen molar-refractivity contribution in [3.05, 3.63) is 63.3 Å². The Bertz CT molecular complexity index is 762. The summed E-state index contributed by atoms with van der Waals surface area (Å²) in [5, 5.41) is 8.07. The monoisotopic (exact) mass is 368 g/mol. The average molecular weight is 368 g/mol. The van der Waals surface area contributed by atoms with Crippen LogP contribution in [0.1, 0.15) is 16.1 Å². The lowest BCUT2D eigenvalue weighted by Gasteiger charge is -2.06. The van der Waals surface area contributed by atoms with Crippen LogP contribution in [0.15, 0.2) is 47.2 Å². The van der Waals surface area contributed by atoms with Crippen LogP contribution < -0.4 is 5.32 Å². The number of aromatic nitrogens is 1. The van der Waals surface area contributed by atoms with Crippen molar-refractivity contribution in [2.45, 2.75) is 19.1 Å². The molecule has 0 aliphatic rings. The highest BCUT2D eigenvalue weighted by Crippen LogP contribution is 2.31. The SMILES string of the molecule is FC(F)(F)c1ccc(-c2nc(CNCCc3cccs3)cs2)cc1. The predicted octanol–water partition coefficient (Wildman–Crippen LogP) is 5.22. The van der Waals surface area contributed by atoms with Crippen LogP contribution in [-0.2, 0) is 19.1 Å². The van der Waals surface area contributed by atoms with E-state index in [-0.39, 0.29) is 0 Å². The summed E-state index contributed by atoms with van der Waals surface area (Å²) in [6, 6.07) is 9.27. The number of nitrogens with zero attached hydrogens (tertiary/aromatic N) is 1. The first-order valence-electron chi connectivity index (χ1n) is 7.37. The zero-order valence-corrected chi connectivity index (χ0v) is 14.3. The average Bonchev–Trinajstić information content (AvgIpc) is 3.23. The Labute approximate surface area is 146 Å². The molecular formula is C17H15F3N2S2. The van der Waals surface area contributed by atoms with E-state index in [4.69, 9.17) is 0 Å². The van der Waals surface area contributed by atoms with E-state index < -0.39 is 11.7 Å². The highest BCUT2D eigenvalue weighted by atomic mass is 32.1. The number of hydrogen-bond acceptors (Lipinski definition) is 4. The van der Waals surface area contributed by atoms with Crippen LogP contribution in [0.5, 0.6) is 0 Å². The smallest absolute Gasteiger partial charge is 0.311 e. The lowest BCUT2D eigenvalue weighted by Crippen LogP contribution is -2.16. The third kappa shape index (κ3) is 4.43. The van der Waals surface area contributed by atoms with Gasteiger partial charge in [0, 0.05) is 28.9 Å². The fourth-order valence-corrected chi connectivity index (χ4v) is 3.74. The van der Waals surface area contributed by atoms with E-state index in [0.29, 0.717) is 12.1 Å². The number of benzene rings is 1. The maximum Gasteiger partial charge on any atom is 0.416 e. The quantitative estimate of drug-likeness (QED) is 0.603. The van der Waals surface area contributed by atoms with Crippen molar-refractivity contribution >= 4 is 22.7 Å². The maximum absolute atomic E-state index is 12.6. The predicted molar refractivity (Wildman–Crippen MR) is 92.3 cm³/mol. The number of thiazole rings is 1. The molecule has 0 amide bonds. The Balaban J connectivity index is 1.55. The molecule has 0 saturated heterocycles. The van der Waals surface area contributed by atoms with Gasteiger partial charge < -0.3 is 5.32 Å². The summed E-state index contributed by atoms with van der Waals surface area (Å²) in [5.41, 5.74) is 0.970. The van der Waals surface area contributed by atoms with Crippen molar-refractivity contribution in [1.29, 1.82) is 0 Å². The summed E-state index contributed by atoms with van der Waals surface area (Å²) in [7, 11) is 0. The Morgan fingerprint density at radius 2 is 1.83 bits per heavy atom. The molecule has 0 saturated carbocycles. The van der Waals surface area contributed by atoms with Crippen LogP contribution in [0.25, 0.3) is 10.6 Å². The fourth-order valence-electron chi connectivity index (χ4n) is 2.21. The molecule has 0 unspecified atom stereocenters. The summed E-state index contributed by atoms with van der Waals surface area (Å²) in [6.45, 7) is 1.52. The molecule has 0 radical (unpaired) electrons. The van der Waals surface area contributed by atoms with Gasteiger partial charge in [0.1, 0.15) is 5.01 Å². The molecule has 0 spiro atoms. The Hall–Kier alpha value is -1.70. The van der Waals surface area contributed by atoms with Crippen LogP contribution in [0.3, 0.4) is 0 Å². The first-order valence-corrected chi connectivity index (χ1v) is 9.13. The molecule has 0 aliphatic heterocycles. The number of hydrogen-bond donors (Lipinski definition) is 1. The molecule has 1 aromatic carbocycles. The first kappa shape index (κ1) is 17.1. The second kappa shape index (κ2) is 7.46. The Morgan fingerprint density at radius 1 is 1.04 bits per heavy atom. The van der Waals surface area contributed by atoms with E-state index >= 15 is 0 Å². The highest BCUT2D eigenvalue weighted by molar-refractivity contribution is 7.13. The molecule has 2 aromatic heterocycles. The molecule has 24 heavy (non-hydrogen) atoms. The molecule has 2 nitrogen and oxygen atoms in total. The van der Waals surface area contributed by atoms with Crippen LogP contribution in [0.4, 0.5) is 13.2 Å². The summed E-state index contributed by atoms with van der Waals surface area (Å²) in [4.78, 5) is 5.82. The van der Waals surface area contributed by atoms with Gasteiger partial charge >= 0.3 is 6.18 Å². The van der Waals surface area contributed by atoms with Crippen molar-refractivity contribution in [1.82, 2.24) is 10.3 Å². The zero-order valence-electron chi connectivity index (χ0n) is 12.6. The molecule has 3 aromatic rings. The number of nitrogens with one attached hydrogen (secondary N) is 1. The van der Waals surface area contributed by atoms with Crippen molar-refractivity contribution in [2.75, 3.05) is 6.54 Å². The second-order valence-corrected chi connectivity index (χ2v) is 7.12. The Kier molecular flexibility index (Phi) is 5.33. The minimum absolute atomic E-state index is 0.640. The molecule has 0 fully saturated rings. The van der Waals surface area contributed by atoms with Crippen molar-refractivity contribution < 1.29 is 13.2 Å². The number of alkyl halides is 3. The van der Waals surface area contributed by atoms with E-state index in [1.807, 2.05) is 11.4 Å². The van der Waals surface area contributed by atoms with E-state index in [1.165, 1.54) is 28.3 Å². The van der Waals surface area contributed by atoms with Crippen molar-refractivity contribution in [3.8, 4) is 10.6 Å². The lowest BCUT2D eigenvalue weighted by atomic mass is 10.1. The summed E-state index contributed by atoms with van der Waals surface area (Å²) >= 11 is 3.18. The van der Waals surface area contributed by atoms with E-state index in [0.717, 1.165) is 35.8 Å². The van der Waals surface area contributed by atoms with Gasteiger partial charge in [0.05, 0.1) is 11.3 Å². The molecule has 2 heterocycles. The standard InChI is InChI=1S/C17H15F3N2S2/c18-17(19,20)13-5-3-12(4-6-13)16-22-14(11-24-16)10-21-8-7-15-2-1-9-23-15/h1-6,9,11,21H,7-8,10H2. The van der Waals surface area contributed by atoms with Crippen LogP contribution >= 0.6 is 22.7 Å². The van der Waals surface area contributed by atoms with Gasteiger partial charge in [-0.05, 0) is 30.0 Å². The van der Waals surface area contributed by atoms with Gasteiger partial charge in [-0.2, -0.15) is 13.2 Å². The van der Waals surface area contributed by atoms with Crippen molar-refractivity contribution in [3.63, 3.8) is 0 Å². The van der Waals surface area contributed by atoms with E-state index in [1.54, 1.807) is 11.3 Å². The van der Waals surface area contributed by atoms with E-state index in [9.17, 15) is 13.2 Å². The minimum atomic E-state index is -4.31. The molecule has 0 atom stereocenters. The summed E-state index contributed by atoms with van der Waals surface area (Å²) in [5.74, 6) is 0. The third-order valence-corrected chi connectivity index (χ3v) is 5.32. The summed E-state index contributed by atoms with van der Waals surface area (Å²) < 4.78 is 37.7. The van der Waals surface area contributed by atoms with Crippen molar-refractivity contribution in [2.24, 2.45) is 0 Å². The second-order valence-electron chi connectivity index (χ2n) is 5.23. The molecule has 126 valence electrons. The Morgan fingerprint density at radius 3 is 2.50 bits per heavy atom. The van der Waals surface area contributed by atoms with Gasteiger partial charge in [0.25, 0.3) is 0 Å². The third-order valence-electron chi connectivity index (χ3n) is 3.45. The molecule has 0 aliphatic carbocycles. The van der Waals surface area contributed by atoms with Crippen LogP contribution in [0.2, 0.25) is 0 Å². The number of rotatable bonds is 6. The lowest BCUT2D eigenvalue weighted by molar-refractivity contribution is -0.137. The number of halogens is 3.